The van der Waals surface area contributed by atoms with E-state index in [1.54, 1.807) is 12.3 Å². The van der Waals surface area contributed by atoms with Crippen molar-refractivity contribution in [2.45, 2.75) is 98.3 Å². The summed E-state index contributed by atoms with van der Waals surface area (Å²) in [5.41, 5.74) is 13.7. The van der Waals surface area contributed by atoms with E-state index < -0.39 is 16.7 Å². The summed E-state index contributed by atoms with van der Waals surface area (Å²) in [7, 11) is 0. The van der Waals surface area contributed by atoms with E-state index in [0.717, 1.165) is 72.4 Å². The second kappa shape index (κ2) is 20.3. The molecular weight excluding hydrogens is 1080 g/mol. The van der Waals surface area contributed by atoms with E-state index in [1.165, 1.54) is 0 Å². The number of aromatic nitrogens is 3. The Hall–Kier alpha value is -7.13. The molecule has 0 aliphatic heterocycles. The summed E-state index contributed by atoms with van der Waals surface area (Å²) in [5.74, 6) is -0.277. The van der Waals surface area contributed by atoms with Crippen molar-refractivity contribution in [3.05, 3.63) is 216 Å². The maximum absolute atomic E-state index is 12.8. The number of benzene rings is 8. The van der Waals surface area contributed by atoms with Gasteiger partial charge in [-0.05, 0) is 103 Å². The molecule has 1 N–H and O–H groups in total. The van der Waals surface area contributed by atoms with E-state index in [4.69, 9.17) is 12.7 Å². The van der Waals surface area contributed by atoms with E-state index in [9.17, 15) is 9.22 Å². The summed E-state index contributed by atoms with van der Waals surface area (Å²) in [5, 5.41) is 12.8. The van der Waals surface area contributed by atoms with Gasteiger partial charge in [-0.15, -0.1) is 23.8 Å². The molecule has 10 rings (SSSR count). The van der Waals surface area contributed by atoms with Crippen LogP contribution in [0.5, 0.6) is 5.75 Å². The molecule has 0 radical (unpaired) electrons. The van der Waals surface area contributed by atoms with Gasteiger partial charge in [0, 0.05) is 45.5 Å². The van der Waals surface area contributed by atoms with Crippen LogP contribution in [-0.2, 0) is 37.3 Å². The first-order valence-electron chi connectivity index (χ1n) is 27.7. The van der Waals surface area contributed by atoms with Gasteiger partial charge in [0.15, 0.2) is 0 Å². The maximum Gasteiger partial charge on any atom is 0.148 e. The molecule has 0 bridgehead atoms. The van der Waals surface area contributed by atoms with Crippen molar-refractivity contribution in [2.24, 2.45) is 0 Å². The summed E-state index contributed by atoms with van der Waals surface area (Å²) >= 11 is 0. The normalized spacial score (nSPS) is 13.1. The average Bonchev–Trinajstić information content (AvgIpc) is 3.82. The molecule has 0 unspecified atom stereocenters. The molecular formula is C69H66N3OPt-. The van der Waals surface area contributed by atoms with Gasteiger partial charge in [-0.3, -0.25) is 9.55 Å². The first-order valence-corrected chi connectivity index (χ1v) is 25.2. The van der Waals surface area contributed by atoms with Gasteiger partial charge in [-0.25, -0.2) is 4.98 Å². The minimum absolute atomic E-state index is 0. The smallest absolute Gasteiger partial charge is 0.148 e. The van der Waals surface area contributed by atoms with Gasteiger partial charge in [0.25, 0.3) is 0 Å². The number of imidazole rings is 1. The van der Waals surface area contributed by atoms with Crippen LogP contribution in [0.2, 0.25) is 0 Å². The molecule has 0 amide bonds. The standard InChI is InChI=1S/C69H66N3O.Pt/c1-44(2)56-42-58(48-26-19-14-20-27-48)63(43-57(56)47-24-17-13-18-25-47)72-62-29-21-28-55(64(62)71-66(72)59-40-54(68(6,7)8)41-60(65(59)73)69(9,10)11)51-36-50(45-22-15-12-16-23-45)37-52(38-51)61-39-49(34-35-70-61)46-30-32-53(33-31-46)67(3,4)5;/h12-37,39-44,73H,1-11H3;/q-1;/i30D,31D,32D,33D,44D;. The predicted octanol–water partition coefficient (Wildman–Crippen LogP) is 18.6. The third-order valence-corrected chi connectivity index (χ3v) is 13.8. The summed E-state index contributed by atoms with van der Waals surface area (Å²) < 4.78 is 48.2. The molecule has 0 spiro atoms. The molecule has 0 atom stereocenters. The van der Waals surface area contributed by atoms with Crippen molar-refractivity contribution in [1.82, 2.24) is 14.5 Å². The van der Waals surface area contributed by atoms with Crippen LogP contribution in [0.4, 0.5) is 0 Å². The maximum atomic E-state index is 12.8. The van der Waals surface area contributed by atoms with Gasteiger partial charge in [-0.2, -0.15) is 0 Å². The number of hydrogen-bond acceptors (Lipinski definition) is 3. The Bertz CT molecular complexity index is 3910. The summed E-state index contributed by atoms with van der Waals surface area (Å²) in [6, 6.07) is 56.6. The molecule has 74 heavy (non-hydrogen) atoms. The second-order valence-electron chi connectivity index (χ2n) is 22.5. The van der Waals surface area contributed by atoms with Crippen molar-refractivity contribution >= 4 is 11.0 Å². The van der Waals surface area contributed by atoms with Gasteiger partial charge >= 0.3 is 0 Å². The van der Waals surface area contributed by atoms with Crippen molar-refractivity contribution in [1.29, 1.82) is 0 Å². The molecule has 0 saturated carbocycles. The Balaban J connectivity index is 0.00000757. The molecule has 4 nitrogen and oxygen atoms in total. The van der Waals surface area contributed by atoms with Crippen LogP contribution in [0.3, 0.4) is 0 Å². The quantitative estimate of drug-likeness (QED) is 0.147. The van der Waals surface area contributed by atoms with Crippen LogP contribution >= 0.6 is 0 Å². The number of pyridine rings is 1. The zero-order valence-electron chi connectivity index (χ0n) is 49.2. The molecule has 8 aromatic carbocycles. The van der Waals surface area contributed by atoms with Gasteiger partial charge in [0.05, 0.1) is 27.8 Å². The Kier molecular flexibility index (Phi) is 12.5. The van der Waals surface area contributed by atoms with E-state index in [2.05, 4.69) is 131 Å². The average molecular weight is 1150 g/mol. The first kappa shape index (κ1) is 45.5. The first-order chi connectivity index (χ1) is 36.8. The molecule has 2 heterocycles. The Morgan fingerprint density at radius 2 is 1.12 bits per heavy atom. The van der Waals surface area contributed by atoms with Gasteiger partial charge in [0.2, 0.25) is 0 Å². The van der Waals surface area contributed by atoms with Crippen LogP contribution in [0, 0.1) is 6.07 Å². The monoisotopic (exact) mass is 1150 g/mol. The number of aromatic hydroxyl groups is 1. The number of hydrogen-bond donors (Lipinski definition) is 1. The number of phenols is 1. The fourth-order valence-electron chi connectivity index (χ4n) is 9.66. The van der Waals surface area contributed by atoms with E-state index >= 15 is 0 Å². The van der Waals surface area contributed by atoms with E-state index in [-0.39, 0.29) is 62.0 Å². The van der Waals surface area contributed by atoms with Crippen LogP contribution in [-0.4, -0.2) is 19.6 Å². The third-order valence-electron chi connectivity index (χ3n) is 13.8. The predicted molar refractivity (Wildman–Crippen MR) is 308 cm³/mol. The molecule has 0 saturated heterocycles. The third kappa shape index (κ3) is 10.2. The molecule has 374 valence electrons. The number of fused-ring (bicyclic) bond motifs is 1. The second-order valence-corrected chi connectivity index (χ2v) is 22.5. The Morgan fingerprint density at radius 3 is 1.72 bits per heavy atom. The molecule has 10 aromatic rings. The number of rotatable bonds is 9. The zero-order valence-corrected chi connectivity index (χ0v) is 46.5. The van der Waals surface area contributed by atoms with Gasteiger partial charge < -0.3 is 5.11 Å². The van der Waals surface area contributed by atoms with Crippen LogP contribution in [0.1, 0.15) is 111 Å². The fourth-order valence-corrected chi connectivity index (χ4v) is 9.66. The van der Waals surface area contributed by atoms with Crippen molar-refractivity contribution < 1.29 is 33.0 Å². The molecule has 2 aromatic heterocycles. The van der Waals surface area contributed by atoms with Gasteiger partial charge in [-0.1, -0.05) is 232 Å². The summed E-state index contributed by atoms with van der Waals surface area (Å²) in [4.78, 5) is 10.6. The molecule has 0 aliphatic carbocycles. The molecule has 5 heteroatoms. The fraction of sp³-hybridized carbons (Fsp3) is 0.217. The number of nitrogens with zero attached hydrogens (tertiary/aromatic N) is 3. The van der Waals surface area contributed by atoms with Crippen molar-refractivity contribution in [3.8, 4) is 89.7 Å². The van der Waals surface area contributed by atoms with E-state index in [1.807, 2.05) is 107 Å². The summed E-state index contributed by atoms with van der Waals surface area (Å²) in [6.45, 7) is 22.5. The number of phenolic OH excluding ortho intramolecular Hbond substituents is 1. The zero-order chi connectivity index (χ0) is 55.8. The SMILES string of the molecule is [2H]c1c([2H])c(C(C)(C)C)c([2H])c([2H])c1-c1ccnc(-c2[c-]c(-c3cccc4c3nc(-c3cc(C(C)(C)C)cc(C(C)(C)C)c3O)n4-c3cc(-c4ccccc4)c(C([2H])(C)C)cc3-c3ccccc3)cc(-c3ccccc3)c2)c1.[Pt]. The minimum Gasteiger partial charge on any atom is -0.507 e. The van der Waals surface area contributed by atoms with Gasteiger partial charge in [0.1, 0.15) is 11.6 Å². The number of para-hydroxylation sites is 1. The minimum atomic E-state index is -0.980. The molecule has 0 aliphatic rings. The van der Waals surface area contributed by atoms with Crippen molar-refractivity contribution in [3.63, 3.8) is 0 Å². The molecule has 0 fully saturated rings. The van der Waals surface area contributed by atoms with Crippen LogP contribution in [0.25, 0.3) is 95.0 Å². The Labute approximate surface area is 460 Å². The Morgan fingerprint density at radius 1 is 0.527 bits per heavy atom. The van der Waals surface area contributed by atoms with Crippen LogP contribution < -0.4 is 0 Å². The van der Waals surface area contributed by atoms with E-state index in [0.29, 0.717) is 39.3 Å². The summed E-state index contributed by atoms with van der Waals surface area (Å²) in [6.07, 6.45) is 1.65. The van der Waals surface area contributed by atoms with Crippen LogP contribution in [0.15, 0.2) is 188 Å². The van der Waals surface area contributed by atoms with Crippen molar-refractivity contribution in [2.75, 3.05) is 0 Å². The topological polar surface area (TPSA) is 50.9 Å². The largest absolute Gasteiger partial charge is 0.507 e.